The molecule has 38 heavy (non-hydrogen) atoms. The Balaban J connectivity index is 1.67. The van der Waals surface area contributed by atoms with Crippen LogP contribution in [0.15, 0.2) is 83.9 Å². The van der Waals surface area contributed by atoms with Crippen molar-refractivity contribution in [2.45, 2.75) is 37.1 Å². The summed E-state index contributed by atoms with van der Waals surface area (Å²) >= 11 is 0. The van der Waals surface area contributed by atoms with Gasteiger partial charge in [-0.2, -0.15) is 0 Å². The van der Waals surface area contributed by atoms with Crippen molar-refractivity contribution in [2.75, 3.05) is 13.2 Å². The molecule has 4 atom stereocenters. The molecule has 1 fully saturated rings. The Labute approximate surface area is 220 Å². The Morgan fingerprint density at radius 1 is 0.895 bits per heavy atom. The molecular formula is C30H28N2O6. The normalized spacial score (nSPS) is 25.8. The van der Waals surface area contributed by atoms with Crippen LogP contribution < -0.4 is 10.1 Å². The molecular weight excluding hydrogens is 484 g/mol. The van der Waals surface area contributed by atoms with E-state index in [9.17, 15) is 9.59 Å². The average molecular weight is 513 g/mol. The Bertz CT molecular complexity index is 1390. The molecule has 6 rings (SSSR count). The highest BCUT2D eigenvalue weighted by Gasteiger charge is 2.73. The zero-order valence-electron chi connectivity index (χ0n) is 21.1. The first-order valence-corrected chi connectivity index (χ1v) is 12.8. The summed E-state index contributed by atoms with van der Waals surface area (Å²) in [5.41, 5.74) is 1.10. The van der Waals surface area contributed by atoms with Gasteiger partial charge in [-0.25, -0.2) is 14.6 Å². The molecule has 0 saturated carbocycles. The quantitative estimate of drug-likeness (QED) is 0.396. The lowest BCUT2D eigenvalue weighted by molar-refractivity contribution is -0.192. The molecule has 8 nitrogen and oxygen atoms in total. The molecule has 0 aromatic heterocycles. The van der Waals surface area contributed by atoms with Crippen molar-refractivity contribution in [3.8, 4) is 5.75 Å². The van der Waals surface area contributed by atoms with Crippen LogP contribution >= 0.6 is 0 Å². The fourth-order valence-corrected chi connectivity index (χ4v) is 6.16. The van der Waals surface area contributed by atoms with E-state index in [-0.39, 0.29) is 13.2 Å². The number of aliphatic imine (C=N–C) groups is 1. The number of nitrogens with one attached hydrogen (secondary N) is 1. The number of nitrogens with zero attached hydrogens (tertiary/aromatic N) is 1. The van der Waals surface area contributed by atoms with Crippen LogP contribution in [0.4, 0.5) is 5.69 Å². The summed E-state index contributed by atoms with van der Waals surface area (Å²) in [6.07, 6.45) is 1.38. The molecule has 8 heteroatoms. The molecule has 1 spiro atoms. The first kappa shape index (κ1) is 24.2. The fraction of sp³-hybridized carbons (Fsp3) is 0.300. The van der Waals surface area contributed by atoms with Crippen molar-refractivity contribution >= 4 is 24.0 Å². The summed E-state index contributed by atoms with van der Waals surface area (Å²) in [6.45, 7) is 3.63. The monoisotopic (exact) mass is 512 g/mol. The lowest BCUT2D eigenvalue weighted by atomic mass is 9.67. The lowest BCUT2D eigenvalue weighted by Crippen LogP contribution is -2.60. The molecule has 3 heterocycles. The molecule has 3 aliphatic rings. The van der Waals surface area contributed by atoms with Crippen LogP contribution in [0.2, 0.25) is 0 Å². The summed E-state index contributed by atoms with van der Waals surface area (Å²) in [5, 5.41) is 3.43. The number of ether oxygens (including phenoxy) is 4. The van der Waals surface area contributed by atoms with E-state index in [1.807, 2.05) is 78.9 Å². The number of carbonyl (C=O) groups is 2. The SMILES string of the molecule is CCOC(=O)C1(C(=O)OCC)N[C@@H]2c3ccccc3O[C@]3(OC=Nc4ccccc43)[C@@H]2[C@H]1c1ccccc1. The van der Waals surface area contributed by atoms with Gasteiger partial charge in [-0.15, -0.1) is 0 Å². The molecule has 0 aliphatic carbocycles. The number of fused-ring (bicyclic) bond motifs is 6. The van der Waals surface area contributed by atoms with E-state index in [1.165, 1.54) is 6.40 Å². The Hall–Kier alpha value is -4.17. The zero-order chi connectivity index (χ0) is 26.3. The van der Waals surface area contributed by atoms with Gasteiger partial charge in [-0.05, 0) is 37.6 Å². The van der Waals surface area contributed by atoms with Crippen LogP contribution in [0.3, 0.4) is 0 Å². The van der Waals surface area contributed by atoms with Crippen molar-refractivity contribution in [3.05, 3.63) is 95.6 Å². The summed E-state index contributed by atoms with van der Waals surface area (Å²) in [4.78, 5) is 32.3. The summed E-state index contributed by atoms with van der Waals surface area (Å²) in [5.74, 6) is -3.59. The summed E-state index contributed by atoms with van der Waals surface area (Å²) < 4.78 is 24.3. The maximum absolute atomic E-state index is 13.9. The minimum absolute atomic E-state index is 0.0999. The first-order valence-electron chi connectivity index (χ1n) is 12.8. The van der Waals surface area contributed by atoms with Crippen LogP contribution in [0.25, 0.3) is 0 Å². The van der Waals surface area contributed by atoms with Gasteiger partial charge in [0.15, 0.2) is 6.40 Å². The third kappa shape index (κ3) is 3.36. The average Bonchev–Trinajstić information content (AvgIpc) is 3.33. The van der Waals surface area contributed by atoms with Gasteiger partial charge in [0.05, 0.1) is 30.4 Å². The van der Waals surface area contributed by atoms with Crippen molar-refractivity contribution < 1.29 is 28.5 Å². The smallest absolute Gasteiger partial charge is 0.338 e. The van der Waals surface area contributed by atoms with Gasteiger partial charge in [0.2, 0.25) is 5.54 Å². The third-order valence-electron chi connectivity index (χ3n) is 7.57. The van der Waals surface area contributed by atoms with E-state index in [2.05, 4.69) is 10.3 Å². The molecule has 3 aromatic carbocycles. The Morgan fingerprint density at radius 3 is 2.29 bits per heavy atom. The van der Waals surface area contributed by atoms with Crippen molar-refractivity contribution in [1.82, 2.24) is 5.32 Å². The first-order chi connectivity index (χ1) is 18.6. The number of rotatable bonds is 5. The Kier molecular flexibility index (Phi) is 5.91. The molecule has 3 aliphatic heterocycles. The number of hydrogen-bond donors (Lipinski definition) is 1. The molecule has 0 unspecified atom stereocenters. The van der Waals surface area contributed by atoms with Crippen molar-refractivity contribution in [1.29, 1.82) is 0 Å². The number of benzene rings is 3. The van der Waals surface area contributed by atoms with Gasteiger partial charge in [-0.1, -0.05) is 60.7 Å². The fourth-order valence-electron chi connectivity index (χ4n) is 6.16. The minimum atomic E-state index is -1.86. The van der Waals surface area contributed by atoms with Crippen LogP contribution in [0.5, 0.6) is 5.75 Å². The highest BCUT2D eigenvalue weighted by Crippen LogP contribution is 2.63. The maximum Gasteiger partial charge on any atom is 0.338 e. The third-order valence-corrected chi connectivity index (χ3v) is 7.57. The molecule has 194 valence electrons. The second-order valence-electron chi connectivity index (χ2n) is 9.46. The topological polar surface area (TPSA) is 95.5 Å². The maximum atomic E-state index is 13.9. The van der Waals surface area contributed by atoms with Gasteiger partial charge >= 0.3 is 11.9 Å². The van der Waals surface area contributed by atoms with Gasteiger partial charge in [0, 0.05) is 17.5 Å². The minimum Gasteiger partial charge on any atom is -0.464 e. The second kappa shape index (κ2) is 9.29. The number of carbonyl (C=O) groups excluding carboxylic acids is 2. The van der Waals surface area contributed by atoms with E-state index >= 15 is 0 Å². The molecule has 0 bridgehead atoms. The van der Waals surface area contributed by atoms with Crippen molar-refractivity contribution in [2.24, 2.45) is 10.9 Å². The molecule has 1 N–H and O–H groups in total. The van der Waals surface area contributed by atoms with E-state index in [1.54, 1.807) is 13.8 Å². The highest BCUT2D eigenvalue weighted by molar-refractivity contribution is 6.07. The van der Waals surface area contributed by atoms with E-state index < -0.39 is 41.1 Å². The van der Waals surface area contributed by atoms with Gasteiger partial charge in [-0.3, -0.25) is 5.32 Å². The largest absolute Gasteiger partial charge is 0.464 e. The number of para-hydroxylation sites is 2. The molecule has 3 aromatic rings. The van der Waals surface area contributed by atoms with Gasteiger partial charge < -0.3 is 18.9 Å². The molecule has 0 radical (unpaired) electrons. The number of esters is 2. The highest BCUT2D eigenvalue weighted by atomic mass is 16.7. The van der Waals surface area contributed by atoms with Crippen LogP contribution in [0.1, 0.15) is 42.5 Å². The van der Waals surface area contributed by atoms with Crippen LogP contribution in [-0.4, -0.2) is 37.1 Å². The second-order valence-corrected chi connectivity index (χ2v) is 9.46. The van der Waals surface area contributed by atoms with Gasteiger partial charge in [0.1, 0.15) is 5.75 Å². The standard InChI is InChI=1S/C30H28N2O6/c1-3-35-27(33)29(28(34)36-4-2)24(19-12-6-5-7-13-19)25-26(32-29)20-14-8-11-17-23(20)38-30(25)21-15-9-10-16-22(21)31-18-37-30/h5-18,24-26,32H,3-4H2,1-2H3/t24-,25-,26-,30+/m1/s1. The van der Waals surface area contributed by atoms with E-state index in [0.717, 1.165) is 11.1 Å². The van der Waals surface area contributed by atoms with Crippen LogP contribution in [0, 0.1) is 5.92 Å². The predicted molar refractivity (Wildman–Crippen MR) is 139 cm³/mol. The van der Waals surface area contributed by atoms with Gasteiger partial charge in [0.25, 0.3) is 5.79 Å². The zero-order valence-corrected chi connectivity index (χ0v) is 21.1. The number of hydrogen-bond acceptors (Lipinski definition) is 8. The van der Waals surface area contributed by atoms with Crippen LogP contribution in [-0.2, 0) is 29.6 Å². The summed E-state index contributed by atoms with van der Waals surface area (Å²) in [7, 11) is 0. The van der Waals surface area contributed by atoms with E-state index in [4.69, 9.17) is 18.9 Å². The predicted octanol–water partition coefficient (Wildman–Crippen LogP) is 4.53. The lowest BCUT2D eigenvalue weighted by Gasteiger charge is -2.47. The Morgan fingerprint density at radius 2 is 1.55 bits per heavy atom. The molecule has 0 amide bonds. The van der Waals surface area contributed by atoms with E-state index in [0.29, 0.717) is 17.0 Å². The van der Waals surface area contributed by atoms with Crippen molar-refractivity contribution in [3.63, 3.8) is 0 Å². The summed E-state index contributed by atoms with van der Waals surface area (Å²) in [6, 6.07) is 24.1. The molecule has 1 saturated heterocycles.